The molecular weight excluding hydrogens is 485 g/mol. The lowest BCUT2D eigenvalue weighted by Crippen LogP contribution is -2.41. The second-order valence-electron chi connectivity index (χ2n) is 6.81. The fourth-order valence-electron chi connectivity index (χ4n) is 3.22. The molecule has 28 heavy (non-hydrogen) atoms. The minimum atomic E-state index is 0. The average molecular weight is 515 g/mol. The molecule has 0 spiro atoms. The van der Waals surface area contributed by atoms with Crippen LogP contribution in [0.25, 0.3) is 11.1 Å². The van der Waals surface area contributed by atoms with Crippen molar-refractivity contribution in [2.45, 2.75) is 19.9 Å². The van der Waals surface area contributed by atoms with Crippen molar-refractivity contribution in [2.75, 3.05) is 40.5 Å². The zero-order valence-corrected chi connectivity index (χ0v) is 20.0. The molecule has 1 atom stereocenters. The highest BCUT2D eigenvalue weighted by Crippen LogP contribution is 2.27. The minimum absolute atomic E-state index is 0. The summed E-state index contributed by atoms with van der Waals surface area (Å²) in [5, 5.41) is 5.60. The van der Waals surface area contributed by atoms with E-state index in [1.165, 1.54) is 16.0 Å². The summed E-state index contributed by atoms with van der Waals surface area (Å²) in [6, 6.07) is 10.4. The quantitative estimate of drug-likeness (QED) is 0.336. The third kappa shape index (κ3) is 6.35. The Bertz CT molecular complexity index is 742. The molecule has 154 valence electrons. The Kier molecular flexibility index (Phi) is 9.53. The Balaban J connectivity index is 0.00000280. The molecular formula is C21H30IN3O2S. The summed E-state index contributed by atoms with van der Waals surface area (Å²) in [6.07, 6.45) is 1.14. The number of thiophene rings is 1. The SMILES string of the molecule is CCNC(=NCc1cc(-c2ccc(OC)cc2)cs1)N(C)CC1CCOC1.I. The van der Waals surface area contributed by atoms with Crippen molar-refractivity contribution in [3.8, 4) is 16.9 Å². The summed E-state index contributed by atoms with van der Waals surface area (Å²) in [6.45, 7) is 6.39. The number of guanidine groups is 1. The van der Waals surface area contributed by atoms with Gasteiger partial charge in [0.05, 0.1) is 20.3 Å². The monoisotopic (exact) mass is 515 g/mol. The van der Waals surface area contributed by atoms with Crippen LogP contribution >= 0.6 is 35.3 Å². The molecule has 0 saturated carbocycles. The smallest absolute Gasteiger partial charge is 0.194 e. The Morgan fingerprint density at radius 1 is 1.32 bits per heavy atom. The van der Waals surface area contributed by atoms with Gasteiger partial charge in [-0.3, -0.25) is 0 Å². The van der Waals surface area contributed by atoms with E-state index in [0.717, 1.165) is 44.4 Å². The van der Waals surface area contributed by atoms with Gasteiger partial charge in [-0.2, -0.15) is 0 Å². The van der Waals surface area contributed by atoms with Crippen LogP contribution in [0.1, 0.15) is 18.2 Å². The molecule has 1 unspecified atom stereocenters. The molecule has 1 saturated heterocycles. The number of methoxy groups -OCH3 is 1. The van der Waals surface area contributed by atoms with Crippen LogP contribution in [-0.2, 0) is 11.3 Å². The van der Waals surface area contributed by atoms with E-state index in [1.54, 1.807) is 18.4 Å². The first-order chi connectivity index (χ1) is 13.2. The van der Waals surface area contributed by atoms with Crippen molar-refractivity contribution < 1.29 is 9.47 Å². The van der Waals surface area contributed by atoms with E-state index in [-0.39, 0.29) is 24.0 Å². The van der Waals surface area contributed by atoms with Gasteiger partial charge >= 0.3 is 0 Å². The molecule has 0 amide bonds. The average Bonchev–Trinajstić information content (AvgIpc) is 3.37. The van der Waals surface area contributed by atoms with Crippen molar-refractivity contribution in [3.05, 3.63) is 40.6 Å². The molecule has 1 aromatic carbocycles. The molecule has 2 heterocycles. The van der Waals surface area contributed by atoms with Gasteiger partial charge in [-0.1, -0.05) is 12.1 Å². The van der Waals surface area contributed by atoms with Crippen molar-refractivity contribution in [1.29, 1.82) is 0 Å². The van der Waals surface area contributed by atoms with E-state index in [2.05, 4.69) is 47.8 Å². The number of halogens is 1. The highest BCUT2D eigenvalue weighted by molar-refractivity contribution is 14.0. The largest absolute Gasteiger partial charge is 0.497 e. The van der Waals surface area contributed by atoms with Gasteiger partial charge in [0.2, 0.25) is 0 Å². The second kappa shape index (κ2) is 11.6. The molecule has 1 aromatic heterocycles. The van der Waals surface area contributed by atoms with E-state index in [1.807, 2.05) is 12.1 Å². The summed E-state index contributed by atoms with van der Waals surface area (Å²) in [5.74, 6) is 2.44. The highest BCUT2D eigenvalue weighted by atomic mass is 127. The van der Waals surface area contributed by atoms with Gasteiger partial charge in [-0.15, -0.1) is 35.3 Å². The van der Waals surface area contributed by atoms with Crippen LogP contribution in [0, 0.1) is 5.92 Å². The van der Waals surface area contributed by atoms with E-state index in [4.69, 9.17) is 14.5 Å². The summed E-state index contributed by atoms with van der Waals surface area (Å²) >= 11 is 1.75. The van der Waals surface area contributed by atoms with Crippen molar-refractivity contribution in [1.82, 2.24) is 10.2 Å². The first-order valence-corrected chi connectivity index (χ1v) is 10.4. The molecule has 2 aromatic rings. The van der Waals surface area contributed by atoms with Crippen LogP contribution in [0.3, 0.4) is 0 Å². The lowest BCUT2D eigenvalue weighted by atomic mass is 10.1. The predicted molar refractivity (Wildman–Crippen MR) is 128 cm³/mol. The number of aliphatic imine (C=N–C) groups is 1. The van der Waals surface area contributed by atoms with Crippen LogP contribution in [0.2, 0.25) is 0 Å². The summed E-state index contributed by atoms with van der Waals surface area (Å²) in [5.41, 5.74) is 2.43. The Morgan fingerprint density at radius 2 is 2.11 bits per heavy atom. The highest BCUT2D eigenvalue weighted by Gasteiger charge is 2.19. The van der Waals surface area contributed by atoms with E-state index in [0.29, 0.717) is 12.5 Å². The molecule has 7 heteroatoms. The molecule has 0 aliphatic carbocycles. The number of ether oxygens (including phenoxy) is 2. The Labute approximate surface area is 189 Å². The van der Waals surface area contributed by atoms with Crippen LogP contribution in [0.5, 0.6) is 5.75 Å². The van der Waals surface area contributed by atoms with Crippen molar-refractivity contribution in [2.24, 2.45) is 10.9 Å². The van der Waals surface area contributed by atoms with Gasteiger partial charge in [-0.25, -0.2) is 4.99 Å². The summed E-state index contributed by atoms with van der Waals surface area (Å²) < 4.78 is 10.7. The number of benzene rings is 1. The van der Waals surface area contributed by atoms with Crippen molar-refractivity contribution in [3.63, 3.8) is 0 Å². The lowest BCUT2D eigenvalue weighted by Gasteiger charge is -2.24. The fourth-order valence-corrected chi connectivity index (χ4v) is 4.04. The molecule has 0 bridgehead atoms. The third-order valence-corrected chi connectivity index (χ3v) is 5.64. The molecule has 1 aliphatic heterocycles. The standard InChI is InChI=1S/C21H29N3O2S.HI/c1-4-22-21(24(2)13-16-9-10-26-14-16)23-12-20-11-18(15-27-20)17-5-7-19(25-3)8-6-17;/h5-8,11,15-16H,4,9-10,12-14H2,1-3H3,(H,22,23);1H. The molecule has 3 rings (SSSR count). The maximum atomic E-state index is 5.49. The number of hydrogen-bond acceptors (Lipinski definition) is 4. The second-order valence-corrected chi connectivity index (χ2v) is 7.81. The predicted octanol–water partition coefficient (Wildman–Crippen LogP) is 4.48. The minimum Gasteiger partial charge on any atom is -0.497 e. The van der Waals surface area contributed by atoms with Gasteiger partial charge in [0.15, 0.2) is 5.96 Å². The molecule has 1 N–H and O–H groups in total. The van der Waals surface area contributed by atoms with Gasteiger partial charge in [-0.05, 0) is 48.1 Å². The topological polar surface area (TPSA) is 46.1 Å². The molecule has 1 fully saturated rings. The Hall–Kier alpha value is -1.32. The first kappa shape index (κ1) is 23.0. The van der Waals surface area contributed by atoms with Gasteiger partial charge in [0.1, 0.15) is 5.75 Å². The fraction of sp³-hybridized carbons (Fsp3) is 0.476. The van der Waals surface area contributed by atoms with Crippen LogP contribution in [-0.4, -0.2) is 51.3 Å². The third-order valence-electron chi connectivity index (χ3n) is 4.71. The summed E-state index contributed by atoms with van der Waals surface area (Å²) in [7, 11) is 3.80. The molecule has 0 radical (unpaired) electrons. The maximum Gasteiger partial charge on any atom is 0.194 e. The summed E-state index contributed by atoms with van der Waals surface area (Å²) in [4.78, 5) is 8.32. The zero-order chi connectivity index (χ0) is 19.1. The van der Waals surface area contributed by atoms with E-state index in [9.17, 15) is 0 Å². The lowest BCUT2D eigenvalue weighted by molar-refractivity contribution is 0.181. The van der Waals surface area contributed by atoms with Crippen LogP contribution in [0.4, 0.5) is 0 Å². The number of nitrogens with zero attached hydrogens (tertiary/aromatic N) is 2. The normalized spacial score (nSPS) is 16.5. The van der Waals surface area contributed by atoms with Crippen LogP contribution in [0.15, 0.2) is 40.7 Å². The first-order valence-electron chi connectivity index (χ1n) is 9.48. The van der Waals surface area contributed by atoms with Gasteiger partial charge in [0, 0.05) is 37.5 Å². The van der Waals surface area contributed by atoms with E-state index < -0.39 is 0 Å². The van der Waals surface area contributed by atoms with Gasteiger partial charge in [0.25, 0.3) is 0 Å². The Morgan fingerprint density at radius 3 is 2.75 bits per heavy atom. The zero-order valence-electron chi connectivity index (χ0n) is 16.8. The van der Waals surface area contributed by atoms with E-state index >= 15 is 0 Å². The molecule has 5 nitrogen and oxygen atoms in total. The van der Waals surface area contributed by atoms with Gasteiger partial charge < -0.3 is 19.7 Å². The van der Waals surface area contributed by atoms with Crippen LogP contribution < -0.4 is 10.1 Å². The molecule has 1 aliphatic rings. The van der Waals surface area contributed by atoms with Crippen molar-refractivity contribution >= 4 is 41.3 Å². The number of rotatable bonds is 7. The number of hydrogen-bond donors (Lipinski definition) is 1. The number of nitrogens with one attached hydrogen (secondary N) is 1. The maximum absolute atomic E-state index is 5.49.